The summed E-state index contributed by atoms with van der Waals surface area (Å²) in [6, 6.07) is 9.95. The van der Waals surface area contributed by atoms with Gasteiger partial charge < -0.3 is 9.84 Å². The monoisotopic (exact) mass is 357 g/mol. The second kappa shape index (κ2) is 10.4. The summed E-state index contributed by atoms with van der Waals surface area (Å²) in [6.45, 7) is 6.46. The van der Waals surface area contributed by atoms with Crippen molar-refractivity contribution in [2.45, 2.75) is 51.6 Å². The zero-order valence-corrected chi connectivity index (χ0v) is 16.0. The molecule has 2 unspecified atom stereocenters. The molecular weight excluding hydrogens is 326 g/mol. The van der Waals surface area contributed by atoms with Crippen LogP contribution < -0.4 is 0 Å². The summed E-state index contributed by atoms with van der Waals surface area (Å²) in [5.41, 5.74) is 0.334. The molecule has 142 valence electrons. The van der Waals surface area contributed by atoms with Crippen LogP contribution in [0.1, 0.15) is 51.5 Å². The molecule has 0 heterocycles. The third kappa shape index (κ3) is 5.09. The first-order chi connectivity index (χ1) is 12.7. The highest BCUT2D eigenvalue weighted by molar-refractivity contribution is 5.71. The highest BCUT2D eigenvalue weighted by atomic mass is 16.6. The molecule has 1 aromatic carbocycles. The molecule has 1 saturated carbocycles. The minimum Gasteiger partial charge on any atom is -0.452 e. The Bertz CT molecular complexity index is 615. The minimum atomic E-state index is -0.677. The van der Waals surface area contributed by atoms with Crippen LogP contribution in [0.4, 0.5) is 0 Å². The molecule has 0 amide bonds. The van der Waals surface area contributed by atoms with Gasteiger partial charge in [0.2, 0.25) is 0 Å². The number of aliphatic hydroxyl groups is 1. The Morgan fingerprint density at radius 1 is 1.23 bits per heavy atom. The van der Waals surface area contributed by atoms with Crippen molar-refractivity contribution in [3.63, 3.8) is 0 Å². The number of hydrogen-bond acceptors (Lipinski definition) is 4. The van der Waals surface area contributed by atoms with Gasteiger partial charge in [0.25, 0.3) is 0 Å². The van der Waals surface area contributed by atoms with Crippen LogP contribution in [-0.2, 0) is 15.1 Å². The van der Waals surface area contributed by atoms with E-state index in [1.54, 1.807) is 0 Å². The Kier molecular flexibility index (Phi) is 8.15. The summed E-state index contributed by atoms with van der Waals surface area (Å²) in [4.78, 5) is 14.3. The maximum Gasteiger partial charge on any atom is 0.332 e. The van der Waals surface area contributed by atoms with E-state index in [-0.39, 0.29) is 5.92 Å². The number of ether oxygens (including phenoxy) is 1. The molecule has 0 saturated heterocycles. The SMILES string of the molecule is CCN(CC)CC#CCC1CCCCC1(OC(=O)CO)c1ccccc1. The number of hydrogen-bond donors (Lipinski definition) is 1. The lowest BCUT2D eigenvalue weighted by Gasteiger charge is -2.43. The Morgan fingerprint density at radius 3 is 2.62 bits per heavy atom. The molecule has 0 aromatic heterocycles. The van der Waals surface area contributed by atoms with E-state index in [1.165, 1.54) is 0 Å². The Hall–Kier alpha value is -1.83. The fraction of sp³-hybridized carbons (Fsp3) is 0.591. The van der Waals surface area contributed by atoms with E-state index in [0.29, 0.717) is 6.42 Å². The molecule has 4 nitrogen and oxygen atoms in total. The lowest BCUT2D eigenvalue weighted by atomic mass is 9.70. The van der Waals surface area contributed by atoms with E-state index in [0.717, 1.165) is 50.9 Å². The van der Waals surface area contributed by atoms with Gasteiger partial charge in [0, 0.05) is 12.3 Å². The van der Waals surface area contributed by atoms with Gasteiger partial charge in [-0.15, -0.1) is 5.92 Å². The van der Waals surface area contributed by atoms with E-state index >= 15 is 0 Å². The standard InChI is InChI=1S/C22H31NO3/c1-3-23(4-2)17-11-9-15-20-14-8-10-16-22(20,26-21(25)18-24)19-12-6-5-7-13-19/h5-7,12-13,20,24H,3-4,8,10,14-18H2,1-2H3. The molecule has 2 rings (SSSR count). The van der Waals surface area contributed by atoms with Crippen LogP contribution in [-0.4, -0.2) is 42.2 Å². The molecule has 1 fully saturated rings. The van der Waals surface area contributed by atoms with Gasteiger partial charge in [-0.1, -0.05) is 56.5 Å². The smallest absolute Gasteiger partial charge is 0.332 e. The summed E-state index contributed by atoms with van der Waals surface area (Å²) in [7, 11) is 0. The quantitative estimate of drug-likeness (QED) is 0.601. The van der Waals surface area contributed by atoms with Crippen LogP contribution in [0.3, 0.4) is 0 Å². The van der Waals surface area contributed by atoms with Crippen LogP contribution >= 0.6 is 0 Å². The summed E-state index contributed by atoms with van der Waals surface area (Å²) < 4.78 is 5.88. The molecule has 1 N–H and O–H groups in total. The third-order valence-corrected chi connectivity index (χ3v) is 5.37. The molecule has 0 radical (unpaired) electrons. The number of benzene rings is 1. The maximum absolute atomic E-state index is 12.0. The van der Waals surface area contributed by atoms with Gasteiger partial charge in [0.1, 0.15) is 12.2 Å². The number of carbonyl (C=O) groups excluding carboxylic acids is 1. The Balaban J connectivity index is 2.22. The predicted octanol–water partition coefficient (Wildman–Crippen LogP) is 3.34. The molecule has 1 aliphatic rings. The highest BCUT2D eigenvalue weighted by Gasteiger charge is 2.45. The van der Waals surface area contributed by atoms with Crippen LogP contribution in [0.25, 0.3) is 0 Å². The number of aliphatic hydroxyl groups excluding tert-OH is 1. The van der Waals surface area contributed by atoms with Gasteiger partial charge in [-0.2, -0.15) is 0 Å². The second-order valence-electron chi connectivity index (χ2n) is 6.85. The van der Waals surface area contributed by atoms with Crippen LogP contribution in [0, 0.1) is 17.8 Å². The number of esters is 1. The first kappa shape index (κ1) is 20.5. The van der Waals surface area contributed by atoms with E-state index in [2.05, 4.69) is 30.6 Å². The highest BCUT2D eigenvalue weighted by Crippen LogP contribution is 2.46. The van der Waals surface area contributed by atoms with Crippen molar-refractivity contribution < 1.29 is 14.6 Å². The molecule has 0 aliphatic heterocycles. The second-order valence-corrected chi connectivity index (χ2v) is 6.85. The summed E-state index contributed by atoms with van der Waals surface area (Å²) in [5, 5.41) is 9.23. The van der Waals surface area contributed by atoms with Gasteiger partial charge in [-0.3, -0.25) is 4.90 Å². The van der Waals surface area contributed by atoms with Crippen LogP contribution in [0.2, 0.25) is 0 Å². The third-order valence-electron chi connectivity index (χ3n) is 5.37. The summed E-state index contributed by atoms with van der Waals surface area (Å²) in [5.74, 6) is 6.19. The summed E-state index contributed by atoms with van der Waals surface area (Å²) in [6.07, 6.45) is 4.60. The molecular formula is C22H31NO3. The van der Waals surface area contributed by atoms with Crippen molar-refractivity contribution in [3.05, 3.63) is 35.9 Å². The van der Waals surface area contributed by atoms with Gasteiger partial charge >= 0.3 is 5.97 Å². The first-order valence-electron chi connectivity index (χ1n) is 9.72. The van der Waals surface area contributed by atoms with Crippen molar-refractivity contribution in [3.8, 4) is 11.8 Å². The van der Waals surface area contributed by atoms with E-state index in [4.69, 9.17) is 4.74 Å². The molecule has 4 heteroatoms. The first-order valence-corrected chi connectivity index (χ1v) is 9.72. The molecule has 1 aromatic rings. The normalized spacial score (nSPS) is 22.5. The van der Waals surface area contributed by atoms with Gasteiger partial charge in [0.15, 0.2) is 0 Å². The zero-order valence-electron chi connectivity index (χ0n) is 16.0. The molecule has 1 aliphatic carbocycles. The molecule has 26 heavy (non-hydrogen) atoms. The van der Waals surface area contributed by atoms with Crippen LogP contribution in [0.15, 0.2) is 30.3 Å². The molecule has 0 spiro atoms. The average molecular weight is 357 g/mol. The van der Waals surface area contributed by atoms with E-state index in [9.17, 15) is 9.90 Å². The van der Waals surface area contributed by atoms with Crippen LogP contribution in [0.5, 0.6) is 0 Å². The van der Waals surface area contributed by atoms with Crippen molar-refractivity contribution >= 4 is 5.97 Å². The van der Waals surface area contributed by atoms with Crippen molar-refractivity contribution in [2.24, 2.45) is 5.92 Å². The fourth-order valence-electron chi connectivity index (χ4n) is 3.82. The van der Waals surface area contributed by atoms with Crippen molar-refractivity contribution in [1.82, 2.24) is 4.90 Å². The van der Waals surface area contributed by atoms with E-state index < -0.39 is 18.2 Å². The topological polar surface area (TPSA) is 49.8 Å². The number of nitrogens with zero attached hydrogens (tertiary/aromatic N) is 1. The van der Waals surface area contributed by atoms with Crippen molar-refractivity contribution in [1.29, 1.82) is 0 Å². The van der Waals surface area contributed by atoms with Gasteiger partial charge in [0.05, 0.1) is 6.54 Å². The van der Waals surface area contributed by atoms with Gasteiger partial charge in [-0.05, 0) is 37.9 Å². The van der Waals surface area contributed by atoms with Gasteiger partial charge in [-0.25, -0.2) is 4.79 Å². The zero-order chi connectivity index (χ0) is 18.8. The van der Waals surface area contributed by atoms with Crippen molar-refractivity contribution in [2.75, 3.05) is 26.2 Å². The number of rotatable bonds is 7. The minimum absolute atomic E-state index is 0.151. The lowest BCUT2D eigenvalue weighted by molar-refractivity contribution is -0.176. The largest absolute Gasteiger partial charge is 0.452 e. The molecule has 2 atom stereocenters. The maximum atomic E-state index is 12.0. The Morgan fingerprint density at radius 2 is 1.96 bits per heavy atom. The fourth-order valence-corrected chi connectivity index (χ4v) is 3.82. The lowest BCUT2D eigenvalue weighted by Crippen LogP contribution is -2.43. The predicted molar refractivity (Wildman–Crippen MR) is 103 cm³/mol. The number of carbonyl (C=O) groups is 1. The average Bonchev–Trinajstić information content (AvgIpc) is 2.69. The Labute approximate surface area is 157 Å². The molecule has 0 bridgehead atoms. The summed E-state index contributed by atoms with van der Waals surface area (Å²) >= 11 is 0. The van der Waals surface area contributed by atoms with E-state index in [1.807, 2.05) is 30.3 Å².